The molecule has 0 saturated heterocycles. The van der Waals surface area contributed by atoms with Gasteiger partial charge in [-0.25, -0.2) is 0 Å². The van der Waals surface area contributed by atoms with Crippen molar-refractivity contribution in [1.82, 2.24) is 0 Å². The van der Waals surface area contributed by atoms with E-state index in [0.29, 0.717) is 38.5 Å². The maximum atomic E-state index is 12.3. The summed E-state index contributed by atoms with van der Waals surface area (Å²) in [5.41, 5.74) is 0. The molecule has 0 radical (unpaired) electrons. The first-order valence-corrected chi connectivity index (χ1v) is 18.0. The van der Waals surface area contributed by atoms with Crippen LogP contribution in [0, 0.1) is 0 Å². The molecule has 0 N–H and O–H groups in total. The zero-order valence-electron chi connectivity index (χ0n) is 19.8. The van der Waals surface area contributed by atoms with E-state index in [1.807, 2.05) is 0 Å². The summed E-state index contributed by atoms with van der Waals surface area (Å²) in [6.07, 6.45) is 9.43. The first-order valence-electron chi connectivity index (χ1n) is 12.0. The average molecular weight is 565 g/mol. The Hall–Kier alpha value is -0.0600. The highest BCUT2D eigenvalue weighted by Crippen LogP contribution is 2.32. The van der Waals surface area contributed by atoms with Gasteiger partial charge in [0.25, 0.3) is 26.1 Å². The van der Waals surface area contributed by atoms with Crippen LogP contribution < -0.4 is 0 Å². The summed E-state index contributed by atoms with van der Waals surface area (Å²) < 4.78 is 92.9. The third kappa shape index (κ3) is 12.8. The molecule has 34 heavy (non-hydrogen) atoms. The predicted molar refractivity (Wildman–Crippen MR) is 129 cm³/mol. The second kappa shape index (κ2) is 15.3. The predicted octanol–water partition coefficient (Wildman–Crippen LogP) is 4.99. The zero-order valence-corrected chi connectivity index (χ0v) is 23.3. The number of unbranched alkanes of at least 4 members (excludes halogenated alkanes) is 1. The number of hydrogen-bond donors (Lipinski definition) is 0. The fraction of sp³-hybridized carbons (Fsp3) is 1.00. The monoisotopic (exact) mass is 564 g/mol. The molecule has 2 fully saturated rings. The van der Waals surface area contributed by atoms with Crippen LogP contribution in [0.25, 0.3) is 0 Å². The highest BCUT2D eigenvalue weighted by molar-refractivity contribution is 7.86. The normalized spacial score (nSPS) is 20.7. The van der Waals surface area contributed by atoms with E-state index in [2.05, 4.69) is 0 Å². The highest BCUT2D eigenvalue weighted by Gasteiger charge is 2.31. The summed E-state index contributed by atoms with van der Waals surface area (Å²) in [7, 11) is -11.7. The standard InChI is InChI=1S/C20H38O10P2S2/c1-18(27-16-33(23,24)29-19-10-4-2-5-11-19)31(21)14-8-9-15-32(22)28-17-34(25,26)30-20-12-6-3-7-13-20/h18-20H,2-17H2,1H3/q+2. The lowest BCUT2D eigenvalue weighted by Gasteiger charge is -2.21. The molecule has 3 atom stereocenters. The lowest BCUT2D eigenvalue weighted by molar-refractivity contribution is 0.123. The van der Waals surface area contributed by atoms with Crippen LogP contribution in [0.1, 0.15) is 84.0 Å². The van der Waals surface area contributed by atoms with Crippen LogP contribution >= 0.6 is 15.8 Å². The second-order valence-corrected chi connectivity index (χ2v) is 15.3. The Labute approximate surface area is 205 Å². The van der Waals surface area contributed by atoms with Crippen LogP contribution in [0.5, 0.6) is 0 Å². The van der Waals surface area contributed by atoms with E-state index in [9.17, 15) is 26.0 Å². The summed E-state index contributed by atoms with van der Waals surface area (Å²) in [6, 6.07) is 0. The lowest BCUT2D eigenvalue weighted by atomic mass is 9.98. The lowest BCUT2D eigenvalue weighted by Crippen LogP contribution is -2.24. The Morgan fingerprint density at radius 3 is 1.74 bits per heavy atom. The summed E-state index contributed by atoms with van der Waals surface area (Å²) >= 11 is 0. The van der Waals surface area contributed by atoms with Crippen molar-refractivity contribution < 1.29 is 43.6 Å². The molecule has 14 heteroatoms. The Morgan fingerprint density at radius 1 is 0.735 bits per heavy atom. The molecule has 0 spiro atoms. The minimum Gasteiger partial charge on any atom is -0.316 e. The molecule has 2 aliphatic carbocycles. The van der Waals surface area contributed by atoms with E-state index in [1.165, 1.54) is 0 Å². The van der Waals surface area contributed by atoms with Gasteiger partial charge in [-0.3, -0.25) is 8.37 Å². The molecule has 0 aromatic rings. The van der Waals surface area contributed by atoms with Gasteiger partial charge in [0.1, 0.15) is 6.16 Å². The van der Waals surface area contributed by atoms with Crippen LogP contribution in [0.2, 0.25) is 0 Å². The first kappa shape index (κ1) is 30.2. The smallest absolute Gasteiger partial charge is 0.316 e. The van der Waals surface area contributed by atoms with E-state index in [4.69, 9.17) is 17.6 Å². The molecule has 0 aliphatic heterocycles. The van der Waals surface area contributed by atoms with E-state index in [-0.39, 0.29) is 24.5 Å². The average Bonchev–Trinajstić information content (AvgIpc) is 2.79. The van der Waals surface area contributed by atoms with Gasteiger partial charge in [-0.05, 0) is 43.1 Å². The fourth-order valence-electron chi connectivity index (χ4n) is 3.94. The minimum absolute atomic E-state index is 0.135. The van der Waals surface area contributed by atoms with Crippen molar-refractivity contribution in [1.29, 1.82) is 0 Å². The van der Waals surface area contributed by atoms with Crippen molar-refractivity contribution in [3.8, 4) is 0 Å². The summed E-state index contributed by atoms with van der Waals surface area (Å²) in [6.45, 7) is 1.55. The molecule has 2 saturated carbocycles. The minimum atomic E-state index is -3.89. The van der Waals surface area contributed by atoms with Crippen LogP contribution in [0.3, 0.4) is 0 Å². The van der Waals surface area contributed by atoms with Gasteiger partial charge in [-0.2, -0.15) is 16.8 Å². The summed E-state index contributed by atoms with van der Waals surface area (Å²) in [4.78, 5) is 0. The number of ether oxygens (including phenoxy) is 1. The highest BCUT2D eigenvalue weighted by atomic mass is 32.2. The zero-order chi connectivity index (χ0) is 25.0. The molecular formula is C20H38O10P2S2+2. The van der Waals surface area contributed by atoms with Crippen molar-refractivity contribution in [2.24, 2.45) is 0 Å². The third-order valence-corrected chi connectivity index (χ3v) is 10.8. The number of hydrogen-bond acceptors (Lipinski definition) is 10. The maximum Gasteiger partial charge on any atom is 0.509 e. The Morgan fingerprint density at radius 2 is 1.21 bits per heavy atom. The van der Waals surface area contributed by atoms with Crippen molar-refractivity contribution in [3.05, 3.63) is 0 Å². The molecule has 0 amide bonds. The van der Waals surface area contributed by atoms with Crippen molar-refractivity contribution in [2.45, 2.75) is 102 Å². The molecule has 2 aliphatic rings. The van der Waals surface area contributed by atoms with Crippen LogP contribution in [0.4, 0.5) is 0 Å². The van der Waals surface area contributed by atoms with Gasteiger partial charge in [0, 0.05) is 6.92 Å². The van der Waals surface area contributed by atoms with Crippen LogP contribution in [0.15, 0.2) is 0 Å². The van der Waals surface area contributed by atoms with Crippen LogP contribution in [-0.4, -0.2) is 59.1 Å². The quantitative estimate of drug-likeness (QED) is 0.143. The molecule has 10 nitrogen and oxygen atoms in total. The molecule has 2 rings (SSSR count). The Bertz CT molecular complexity index is 851. The van der Waals surface area contributed by atoms with E-state index in [1.54, 1.807) is 6.92 Å². The van der Waals surface area contributed by atoms with E-state index >= 15 is 0 Å². The number of rotatable bonds is 16. The summed E-state index contributed by atoms with van der Waals surface area (Å²) in [5.74, 6) is -2.13. The van der Waals surface area contributed by atoms with Gasteiger partial charge in [-0.15, -0.1) is 4.52 Å². The second-order valence-electron chi connectivity index (χ2n) is 8.86. The van der Waals surface area contributed by atoms with Gasteiger partial charge in [-0.1, -0.05) is 43.1 Å². The van der Waals surface area contributed by atoms with Crippen molar-refractivity contribution in [2.75, 3.05) is 24.2 Å². The van der Waals surface area contributed by atoms with Gasteiger partial charge in [0.15, 0.2) is 12.1 Å². The summed E-state index contributed by atoms with van der Waals surface area (Å²) in [5, 5.41) is 0. The van der Waals surface area contributed by atoms with Gasteiger partial charge in [0.2, 0.25) is 5.94 Å². The molecular weight excluding hydrogens is 526 g/mol. The molecule has 0 bridgehead atoms. The topological polar surface area (TPSA) is 139 Å². The third-order valence-electron chi connectivity index (χ3n) is 5.84. The molecule has 0 aromatic heterocycles. The molecule has 3 unspecified atom stereocenters. The van der Waals surface area contributed by atoms with E-state index < -0.39 is 53.8 Å². The van der Waals surface area contributed by atoms with Crippen molar-refractivity contribution >= 4 is 36.1 Å². The fourth-order valence-corrected chi connectivity index (χ4v) is 8.47. The Balaban J connectivity index is 1.56. The van der Waals surface area contributed by atoms with Crippen LogP contribution in [-0.2, 0) is 47.0 Å². The molecule has 198 valence electrons. The first-order chi connectivity index (χ1) is 16.1. The van der Waals surface area contributed by atoms with Gasteiger partial charge < -0.3 is 4.74 Å². The largest absolute Gasteiger partial charge is 0.509 e. The Kier molecular flexibility index (Phi) is 13.5. The van der Waals surface area contributed by atoms with Crippen molar-refractivity contribution in [3.63, 3.8) is 0 Å². The molecule has 0 aromatic carbocycles. The maximum absolute atomic E-state index is 12.3. The van der Waals surface area contributed by atoms with Gasteiger partial charge in [0.05, 0.1) is 12.2 Å². The SMILES string of the molecule is CC(OCS(=O)(=O)OC1CCCCC1)[P+](=O)CCCC[P+](=O)OCS(=O)(=O)OC1CCCCC1. The van der Waals surface area contributed by atoms with Gasteiger partial charge >= 0.3 is 15.8 Å². The van der Waals surface area contributed by atoms with E-state index in [0.717, 1.165) is 38.5 Å². The molecule has 0 heterocycles.